The molecule has 0 aromatic heterocycles. The van der Waals surface area contributed by atoms with Gasteiger partial charge in [0.2, 0.25) is 0 Å². The van der Waals surface area contributed by atoms with E-state index in [0.29, 0.717) is 23.2 Å². The SMILES string of the molecule is C=C1CCC[C@@]2(C)CCC(C(C)C)[C@H]2[C@H]1O. The second kappa shape index (κ2) is 4.18. The van der Waals surface area contributed by atoms with E-state index in [9.17, 15) is 5.11 Å². The van der Waals surface area contributed by atoms with Gasteiger partial charge in [-0.15, -0.1) is 0 Å². The first-order valence-corrected chi connectivity index (χ1v) is 6.81. The molecule has 0 heterocycles. The third kappa shape index (κ3) is 1.84. The van der Waals surface area contributed by atoms with Crippen molar-refractivity contribution in [2.45, 2.75) is 59.0 Å². The number of hydrogen-bond donors (Lipinski definition) is 1. The first-order chi connectivity index (χ1) is 7.46. The van der Waals surface area contributed by atoms with Crippen molar-refractivity contribution in [2.24, 2.45) is 23.2 Å². The molecule has 4 atom stereocenters. The van der Waals surface area contributed by atoms with Crippen molar-refractivity contribution in [1.29, 1.82) is 0 Å². The highest BCUT2D eigenvalue weighted by atomic mass is 16.3. The Balaban J connectivity index is 2.30. The molecule has 0 aliphatic heterocycles. The third-order valence-corrected chi connectivity index (χ3v) is 5.18. The highest BCUT2D eigenvalue weighted by Crippen LogP contribution is 2.56. The van der Waals surface area contributed by atoms with E-state index in [4.69, 9.17) is 0 Å². The minimum atomic E-state index is -0.248. The van der Waals surface area contributed by atoms with Crippen LogP contribution in [0.5, 0.6) is 0 Å². The minimum Gasteiger partial charge on any atom is -0.388 e. The van der Waals surface area contributed by atoms with Gasteiger partial charge in [0.05, 0.1) is 6.10 Å². The van der Waals surface area contributed by atoms with Crippen LogP contribution in [-0.4, -0.2) is 11.2 Å². The lowest BCUT2D eigenvalue weighted by atomic mass is 9.70. The molecule has 0 saturated heterocycles. The van der Waals surface area contributed by atoms with Crippen molar-refractivity contribution in [3.8, 4) is 0 Å². The van der Waals surface area contributed by atoms with Crippen LogP contribution >= 0.6 is 0 Å². The lowest BCUT2D eigenvalue weighted by molar-refractivity contribution is 0.0371. The Hall–Kier alpha value is -0.300. The molecule has 1 N–H and O–H groups in total. The number of aliphatic hydroxyl groups is 1. The van der Waals surface area contributed by atoms with Gasteiger partial charge in [-0.1, -0.05) is 27.4 Å². The molecule has 0 bridgehead atoms. The maximum atomic E-state index is 10.5. The molecule has 0 aromatic carbocycles. The number of fused-ring (bicyclic) bond motifs is 1. The van der Waals surface area contributed by atoms with Gasteiger partial charge in [0.15, 0.2) is 0 Å². The van der Waals surface area contributed by atoms with Crippen LogP contribution in [0, 0.1) is 23.2 Å². The Bertz CT molecular complexity index is 281. The zero-order chi connectivity index (χ0) is 11.9. The number of rotatable bonds is 1. The van der Waals surface area contributed by atoms with E-state index >= 15 is 0 Å². The summed E-state index contributed by atoms with van der Waals surface area (Å²) in [6.07, 6.45) is 5.86. The predicted molar refractivity (Wildman–Crippen MR) is 68.2 cm³/mol. The average Bonchev–Trinajstić information content (AvgIpc) is 2.50. The van der Waals surface area contributed by atoms with E-state index in [1.54, 1.807) is 0 Å². The van der Waals surface area contributed by atoms with Gasteiger partial charge in [-0.05, 0) is 60.8 Å². The lowest BCUT2D eigenvalue weighted by Crippen LogP contribution is -2.36. The topological polar surface area (TPSA) is 20.2 Å². The zero-order valence-corrected chi connectivity index (χ0v) is 11.0. The molecular weight excluding hydrogens is 196 g/mol. The van der Waals surface area contributed by atoms with Gasteiger partial charge < -0.3 is 5.11 Å². The van der Waals surface area contributed by atoms with Gasteiger partial charge in [0.1, 0.15) is 0 Å². The fourth-order valence-corrected chi connectivity index (χ4v) is 4.14. The second-order valence-corrected chi connectivity index (χ2v) is 6.58. The van der Waals surface area contributed by atoms with Crippen molar-refractivity contribution < 1.29 is 5.11 Å². The summed E-state index contributed by atoms with van der Waals surface area (Å²) in [5, 5.41) is 10.5. The Morgan fingerprint density at radius 2 is 2.06 bits per heavy atom. The van der Waals surface area contributed by atoms with Crippen LogP contribution in [0.1, 0.15) is 52.9 Å². The molecule has 1 unspecified atom stereocenters. The van der Waals surface area contributed by atoms with Crippen LogP contribution in [0.2, 0.25) is 0 Å². The summed E-state index contributed by atoms with van der Waals surface area (Å²) in [7, 11) is 0. The predicted octanol–water partition coefficient (Wildman–Crippen LogP) is 3.78. The van der Waals surface area contributed by atoms with Gasteiger partial charge in [-0.25, -0.2) is 0 Å². The molecule has 92 valence electrons. The lowest BCUT2D eigenvalue weighted by Gasteiger charge is -2.37. The van der Waals surface area contributed by atoms with Crippen LogP contribution in [0.4, 0.5) is 0 Å². The summed E-state index contributed by atoms with van der Waals surface area (Å²) in [6.45, 7) is 11.1. The fourth-order valence-electron chi connectivity index (χ4n) is 4.14. The minimum absolute atomic E-state index is 0.248. The van der Waals surface area contributed by atoms with Gasteiger partial charge in [0, 0.05) is 0 Å². The standard InChI is InChI=1S/C15H26O/c1-10(2)12-7-9-15(4)8-5-6-11(3)14(16)13(12)15/h10,12-14,16H,3,5-9H2,1-2,4H3/t12?,13-,14-,15-/m0/s1. The summed E-state index contributed by atoms with van der Waals surface area (Å²) < 4.78 is 0. The fraction of sp³-hybridized carbons (Fsp3) is 0.867. The molecule has 1 heteroatoms. The Labute approximate surface area is 99.9 Å². The molecular formula is C15H26O. The molecule has 0 radical (unpaired) electrons. The van der Waals surface area contributed by atoms with E-state index in [-0.39, 0.29) is 6.10 Å². The van der Waals surface area contributed by atoms with Crippen LogP contribution in [0.15, 0.2) is 12.2 Å². The molecule has 2 aliphatic rings. The highest BCUT2D eigenvalue weighted by Gasteiger charge is 2.50. The van der Waals surface area contributed by atoms with Crippen molar-refractivity contribution in [2.75, 3.05) is 0 Å². The van der Waals surface area contributed by atoms with E-state index in [2.05, 4.69) is 27.4 Å². The Morgan fingerprint density at radius 3 is 2.69 bits per heavy atom. The summed E-state index contributed by atoms with van der Waals surface area (Å²) in [4.78, 5) is 0. The molecule has 2 aliphatic carbocycles. The highest BCUT2D eigenvalue weighted by molar-refractivity contribution is 5.13. The quantitative estimate of drug-likeness (QED) is 0.669. The van der Waals surface area contributed by atoms with Crippen LogP contribution in [0.3, 0.4) is 0 Å². The van der Waals surface area contributed by atoms with Gasteiger partial charge in [-0.3, -0.25) is 0 Å². The van der Waals surface area contributed by atoms with E-state index in [1.807, 2.05) is 0 Å². The van der Waals surface area contributed by atoms with Crippen LogP contribution in [0.25, 0.3) is 0 Å². The monoisotopic (exact) mass is 222 g/mol. The molecule has 2 rings (SSSR count). The van der Waals surface area contributed by atoms with E-state index in [0.717, 1.165) is 12.0 Å². The van der Waals surface area contributed by atoms with E-state index in [1.165, 1.54) is 25.7 Å². The largest absolute Gasteiger partial charge is 0.388 e. The first kappa shape index (κ1) is 12.2. The van der Waals surface area contributed by atoms with Gasteiger partial charge in [0.25, 0.3) is 0 Å². The van der Waals surface area contributed by atoms with Crippen LogP contribution < -0.4 is 0 Å². The number of aliphatic hydroxyl groups excluding tert-OH is 1. The Morgan fingerprint density at radius 1 is 1.38 bits per heavy atom. The van der Waals surface area contributed by atoms with Crippen molar-refractivity contribution in [3.63, 3.8) is 0 Å². The van der Waals surface area contributed by atoms with Crippen LogP contribution in [-0.2, 0) is 0 Å². The molecule has 2 saturated carbocycles. The smallest absolute Gasteiger partial charge is 0.0783 e. The summed E-state index contributed by atoms with van der Waals surface area (Å²) >= 11 is 0. The first-order valence-electron chi connectivity index (χ1n) is 6.81. The average molecular weight is 222 g/mol. The van der Waals surface area contributed by atoms with Crippen molar-refractivity contribution >= 4 is 0 Å². The number of hydrogen-bond acceptors (Lipinski definition) is 1. The normalized spacial score (nSPS) is 44.6. The molecule has 0 amide bonds. The van der Waals surface area contributed by atoms with Gasteiger partial charge >= 0.3 is 0 Å². The molecule has 16 heavy (non-hydrogen) atoms. The Kier molecular flexibility index (Phi) is 3.18. The molecule has 0 aromatic rings. The maximum Gasteiger partial charge on any atom is 0.0783 e. The van der Waals surface area contributed by atoms with Crippen molar-refractivity contribution in [3.05, 3.63) is 12.2 Å². The summed E-state index contributed by atoms with van der Waals surface area (Å²) in [5.74, 6) is 1.84. The zero-order valence-electron chi connectivity index (χ0n) is 11.0. The maximum absolute atomic E-state index is 10.5. The molecule has 0 spiro atoms. The third-order valence-electron chi connectivity index (χ3n) is 5.18. The second-order valence-electron chi connectivity index (χ2n) is 6.58. The summed E-state index contributed by atoms with van der Waals surface area (Å²) in [5.41, 5.74) is 1.45. The summed E-state index contributed by atoms with van der Waals surface area (Å²) in [6, 6.07) is 0. The van der Waals surface area contributed by atoms with Crippen molar-refractivity contribution in [1.82, 2.24) is 0 Å². The molecule has 2 fully saturated rings. The molecule has 1 nitrogen and oxygen atoms in total. The van der Waals surface area contributed by atoms with E-state index < -0.39 is 0 Å². The van der Waals surface area contributed by atoms with Gasteiger partial charge in [-0.2, -0.15) is 0 Å².